The van der Waals surface area contributed by atoms with Gasteiger partial charge in [-0.2, -0.15) is 0 Å². The van der Waals surface area contributed by atoms with Crippen LogP contribution in [-0.2, 0) is 16.9 Å². The van der Waals surface area contributed by atoms with E-state index in [1.165, 1.54) is 0 Å². The lowest BCUT2D eigenvalue weighted by molar-refractivity contribution is 0.000225. The maximum Gasteiger partial charge on any atom is 0.144 e. The van der Waals surface area contributed by atoms with E-state index in [-0.39, 0.29) is 0 Å². The van der Waals surface area contributed by atoms with Gasteiger partial charge >= 0.3 is 0 Å². The lowest BCUT2D eigenvalue weighted by atomic mass is 9.80. The average molecular weight is 396 g/mol. The smallest absolute Gasteiger partial charge is 0.144 e. The molecule has 0 aliphatic heterocycles. The van der Waals surface area contributed by atoms with Crippen molar-refractivity contribution in [3.63, 3.8) is 0 Å². The third kappa shape index (κ3) is 3.93. The molecule has 0 fully saturated rings. The molecule has 150 valence electrons. The van der Waals surface area contributed by atoms with Gasteiger partial charge in [-0.05, 0) is 46.5 Å². The second-order valence-electron chi connectivity index (χ2n) is 7.17. The molecule has 0 aliphatic carbocycles. The number of hydrogen-bond donors (Lipinski definition) is 1. The third-order valence-electron chi connectivity index (χ3n) is 5.29. The summed E-state index contributed by atoms with van der Waals surface area (Å²) in [6.45, 7) is 0.441. The van der Waals surface area contributed by atoms with Crippen LogP contribution in [0.3, 0.4) is 0 Å². The fourth-order valence-electron chi connectivity index (χ4n) is 3.73. The van der Waals surface area contributed by atoms with Crippen molar-refractivity contribution in [2.24, 2.45) is 0 Å². The van der Waals surface area contributed by atoms with E-state index in [1.807, 2.05) is 72.8 Å². The lowest BCUT2D eigenvalue weighted by Gasteiger charge is -2.36. The molecule has 0 atom stereocenters. The van der Waals surface area contributed by atoms with Gasteiger partial charge in [0, 0.05) is 5.69 Å². The van der Waals surface area contributed by atoms with Crippen molar-refractivity contribution >= 4 is 5.69 Å². The van der Waals surface area contributed by atoms with Crippen LogP contribution >= 0.6 is 0 Å². The van der Waals surface area contributed by atoms with Crippen molar-refractivity contribution in [2.75, 3.05) is 12.8 Å². The Balaban J connectivity index is 1.87. The molecule has 0 unspecified atom stereocenters. The Morgan fingerprint density at radius 2 is 1.13 bits per heavy atom. The Morgan fingerprint density at radius 3 is 1.63 bits per heavy atom. The molecule has 4 aromatic rings. The van der Waals surface area contributed by atoms with E-state index >= 15 is 0 Å². The first kappa shape index (κ1) is 19.7. The van der Waals surface area contributed by atoms with E-state index in [4.69, 9.17) is 15.2 Å². The molecule has 30 heavy (non-hydrogen) atoms. The van der Waals surface area contributed by atoms with Crippen LogP contribution < -0.4 is 10.5 Å². The fourth-order valence-corrected chi connectivity index (χ4v) is 3.73. The molecule has 3 nitrogen and oxygen atoms in total. The lowest BCUT2D eigenvalue weighted by Crippen LogP contribution is -2.32. The molecule has 2 N–H and O–H groups in total. The van der Waals surface area contributed by atoms with E-state index < -0.39 is 5.60 Å². The van der Waals surface area contributed by atoms with Crippen molar-refractivity contribution < 1.29 is 9.47 Å². The maximum absolute atomic E-state index is 6.81. The third-order valence-corrected chi connectivity index (χ3v) is 5.29. The topological polar surface area (TPSA) is 44.5 Å². The molecule has 4 rings (SSSR count). The highest BCUT2D eigenvalue weighted by molar-refractivity contribution is 5.49. The highest BCUT2D eigenvalue weighted by atomic mass is 16.5. The van der Waals surface area contributed by atoms with Crippen LogP contribution in [-0.4, -0.2) is 7.11 Å². The van der Waals surface area contributed by atoms with Crippen LogP contribution in [0.2, 0.25) is 0 Å². The number of methoxy groups -OCH3 is 1. The van der Waals surface area contributed by atoms with Crippen molar-refractivity contribution in [1.29, 1.82) is 0 Å². The van der Waals surface area contributed by atoms with Gasteiger partial charge in [-0.1, -0.05) is 84.9 Å². The number of benzene rings is 4. The van der Waals surface area contributed by atoms with Gasteiger partial charge in [-0.3, -0.25) is 0 Å². The van der Waals surface area contributed by atoms with E-state index in [2.05, 4.69) is 36.4 Å². The van der Waals surface area contributed by atoms with Crippen molar-refractivity contribution in [2.45, 2.75) is 12.2 Å². The van der Waals surface area contributed by atoms with Crippen molar-refractivity contribution in [1.82, 2.24) is 0 Å². The zero-order valence-corrected chi connectivity index (χ0v) is 17.0. The van der Waals surface area contributed by atoms with Gasteiger partial charge < -0.3 is 15.2 Å². The van der Waals surface area contributed by atoms with Gasteiger partial charge in [0.1, 0.15) is 11.4 Å². The van der Waals surface area contributed by atoms with Gasteiger partial charge in [-0.15, -0.1) is 0 Å². The summed E-state index contributed by atoms with van der Waals surface area (Å²) >= 11 is 0. The second kappa shape index (κ2) is 8.85. The fraction of sp³-hybridized carbons (Fsp3) is 0.111. The van der Waals surface area contributed by atoms with Crippen LogP contribution in [0.4, 0.5) is 5.69 Å². The Morgan fingerprint density at radius 1 is 0.633 bits per heavy atom. The van der Waals surface area contributed by atoms with E-state index in [0.29, 0.717) is 6.61 Å². The molecule has 3 heteroatoms. The summed E-state index contributed by atoms with van der Waals surface area (Å²) in [5.41, 5.74) is 10.1. The minimum Gasteiger partial charge on any atom is -0.497 e. The molecular weight excluding hydrogens is 370 g/mol. The summed E-state index contributed by atoms with van der Waals surface area (Å²) in [6, 6.07) is 36.6. The van der Waals surface area contributed by atoms with Crippen LogP contribution in [0.25, 0.3) is 0 Å². The van der Waals surface area contributed by atoms with Crippen LogP contribution in [0, 0.1) is 0 Å². The van der Waals surface area contributed by atoms with Gasteiger partial charge in [0.25, 0.3) is 0 Å². The van der Waals surface area contributed by atoms with Gasteiger partial charge in [0.05, 0.1) is 13.7 Å². The SMILES string of the molecule is COc1ccc(C(OCc2ccc(N)cc2)(c2ccccc2)c2ccccc2)cc1. The number of nitrogen functional groups attached to an aromatic ring is 1. The monoisotopic (exact) mass is 395 g/mol. The van der Waals surface area contributed by atoms with Gasteiger partial charge in [0.2, 0.25) is 0 Å². The molecule has 0 radical (unpaired) electrons. The first-order valence-corrected chi connectivity index (χ1v) is 9.96. The van der Waals surface area contributed by atoms with E-state index in [9.17, 15) is 0 Å². The summed E-state index contributed by atoms with van der Waals surface area (Å²) in [5, 5.41) is 0. The summed E-state index contributed by atoms with van der Waals surface area (Å²) < 4.78 is 12.2. The molecule has 0 heterocycles. The Kier molecular flexibility index (Phi) is 5.82. The van der Waals surface area contributed by atoms with Crippen molar-refractivity contribution in [3.8, 4) is 5.75 Å². The standard InChI is InChI=1S/C27H25NO2/c1-29-26-18-14-24(15-19-26)27(22-8-4-2-5-9-22,23-10-6-3-7-11-23)30-20-21-12-16-25(28)17-13-21/h2-19H,20,28H2,1H3. The zero-order valence-electron chi connectivity index (χ0n) is 17.0. The van der Waals surface area contributed by atoms with E-state index in [0.717, 1.165) is 33.7 Å². The predicted molar refractivity (Wildman–Crippen MR) is 121 cm³/mol. The molecule has 0 saturated carbocycles. The number of rotatable bonds is 7. The van der Waals surface area contributed by atoms with Gasteiger partial charge in [0.15, 0.2) is 0 Å². The Bertz CT molecular complexity index is 1020. The largest absolute Gasteiger partial charge is 0.497 e. The number of ether oxygens (including phenoxy) is 2. The molecule has 0 spiro atoms. The summed E-state index contributed by atoms with van der Waals surface area (Å²) in [4.78, 5) is 0. The number of nitrogens with two attached hydrogens (primary N) is 1. The quantitative estimate of drug-likeness (QED) is 0.318. The number of anilines is 1. The normalized spacial score (nSPS) is 11.2. The van der Waals surface area contributed by atoms with E-state index in [1.54, 1.807) is 7.11 Å². The highest BCUT2D eigenvalue weighted by Gasteiger charge is 2.37. The molecule has 0 aromatic heterocycles. The summed E-state index contributed by atoms with van der Waals surface area (Å²) in [7, 11) is 1.67. The van der Waals surface area contributed by atoms with Crippen LogP contribution in [0.1, 0.15) is 22.3 Å². The molecular formula is C27H25NO2. The molecule has 0 saturated heterocycles. The first-order chi connectivity index (χ1) is 14.7. The molecule has 0 bridgehead atoms. The minimum atomic E-state index is -0.768. The Labute approximate surface area is 177 Å². The van der Waals surface area contributed by atoms with Crippen LogP contribution in [0.15, 0.2) is 109 Å². The average Bonchev–Trinajstić information content (AvgIpc) is 2.82. The highest BCUT2D eigenvalue weighted by Crippen LogP contribution is 2.41. The second-order valence-corrected chi connectivity index (χ2v) is 7.17. The number of hydrogen-bond acceptors (Lipinski definition) is 3. The van der Waals surface area contributed by atoms with Gasteiger partial charge in [-0.25, -0.2) is 0 Å². The zero-order chi connectivity index (χ0) is 20.8. The summed E-state index contributed by atoms with van der Waals surface area (Å²) in [5.74, 6) is 0.812. The maximum atomic E-state index is 6.81. The van der Waals surface area contributed by atoms with Crippen LogP contribution in [0.5, 0.6) is 5.75 Å². The first-order valence-electron chi connectivity index (χ1n) is 9.96. The molecule has 0 aliphatic rings. The minimum absolute atomic E-state index is 0.441. The predicted octanol–water partition coefficient (Wildman–Crippen LogP) is 5.79. The summed E-state index contributed by atoms with van der Waals surface area (Å²) in [6.07, 6.45) is 0. The Hall–Kier alpha value is -3.56. The van der Waals surface area contributed by atoms with Crippen molar-refractivity contribution in [3.05, 3.63) is 131 Å². The molecule has 4 aromatic carbocycles. The molecule has 0 amide bonds.